The Morgan fingerprint density at radius 3 is 2.60 bits per heavy atom. The van der Waals surface area contributed by atoms with E-state index in [4.69, 9.17) is 0 Å². The molecule has 1 fully saturated rings. The lowest BCUT2D eigenvalue weighted by molar-refractivity contribution is 0.0606. The largest absolute Gasteiger partial charge is 0.330 e. The highest BCUT2D eigenvalue weighted by Crippen LogP contribution is 2.33. The van der Waals surface area contributed by atoms with Crippen molar-refractivity contribution in [1.82, 2.24) is 15.1 Å². The van der Waals surface area contributed by atoms with Crippen LogP contribution < -0.4 is 4.90 Å². The maximum Gasteiger partial charge on any atom is 0.278 e. The Labute approximate surface area is 175 Å². The average Bonchev–Trinajstić information content (AvgIpc) is 3.46. The second-order valence-corrected chi connectivity index (χ2v) is 7.92. The van der Waals surface area contributed by atoms with Crippen molar-refractivity contribution < 1.29 is 9.59 Å². The molecule has 3 aromatic rings. The quantitative estimate of drug-likeness (QED) is 0.723. The van der Waals surface area contributed by atoms with Crippen LogP contribution in [0.1, 0.15) is 57.4 Å². The number of hydrogen-bond acceptors (Lipinski definition) is 3. The molecule has 30 heavy (non-hydrogen) atoms. The highest BCUT2D eigenvalue weighted by molar-refractivity contribution is 6.06. The number of hydrogen-bond donors (Lipinski definition) is 1. The van der Waals surface area contributed by atoms with Gasteiger partial charge in [0.2, 0.25) is 0 Å². The number of nitrogens with zero attached hydrogens (tertiary/aromatic N) is 3. The first-order chi connectivity index (χ1) is 14.7. The molecule has 1 atom stereocenters. The molecule has 0 bridgehead atoms. The number of aromatic nitrogens is 2. The lowest BCUT2D eigenvalue weighted by atomic mass is 9.98. The van der Waals surface area contributed by atoms with Gasteiger partial charge in [-0.05, 0) is 55.5 Å². The summed E-state index contributed by atoms with van der Waals surface area (Å²) in [6.07, 6.45) is 3.76. The number of benzene rings is 2. The van der Waals surface area contributed by atoms with Crippen LogP contribution in [0.15, 0.2) is 60.7 Å². The van der Waals surface area contributed by atoms with Gasteiger partial charge in [-0.2, -0.15) is 5.10 Å². The van der Waals surface area contributed by atoms with Crippen LogP contribution in [0.3, 0.4) is 0 Å². The van der Waals surface area contributed by atoms with Crippen molar-refractivity contribution in [3.8, 4) is 0 Å². The number of fused-ring (bicyclic) bond motifs is 1. The maximum absolute atomic E-state index is 13.1. The van der Waals surface area contributed by atoms with Gasteiger partial charge in [-0.15, -0.1) is 0 Å². The predicted octanol–water partition coefficient (Wildman–Crippen LogP) is 3.98. The number of amides is 2. The van der Waals surface area contributed by atoms with E-state index < -0.39 is 0 Å². The Kier molecular flexibility index (Phi) is 4.83. The number of rotatable bonds is 3. The third-order valence-electron chi connectivity index (χ3n) is 6.09. The molecule has 2 aromatic carbocycles. The summed E-state index contributed by atoms with van der Waals surface area (Å²) in [6, 6.07) is 19.1. The lowest BCUT2D eigenvalue weighted by Crippen LogP contribution is -2.38. The summed E-state index contributed by atoms with van der Waals surface area (Å²) < 4.78 is 0. The van der Waals surface area contributed by atoms with Crippen LogP contribution in [0.5, 0.6) is 0 Å². The molecule has 6 nitrogen and oxygen atoms in total. The Bertz CT molecular complexity index is 1080. The highest BCUT2D eigenvalue weighted by Gasteiger charge is 2.32. The van der Waals surface area contributed by atoms with E-state index in [0.717, 1.165) is 37.1 Å². The molecule has 1 saturated heterocycles. The van der Waals surface area contributed by atoms with E-state index in [2.05, 4.69) is 16.3 Å². The summed E-state index contributed by atoms with van der Waals surface area (Å²) in [4.78, 5) is 29.9. The minimum atomic E-state index is -0.0980. The van der Waals surface area contributed by atoms with Gasteiger partial charge in [0, 0.05) is 24.3 Å². The molecule has 2 amide bonds. The summed E-state index contributed by atoms with van der Waals surface area (Å²) in [5.74, 6) is -0.0737. The second kappa shape index (κ2) is 7.78. The first-order valence-electron chi connectivity index (χ1n) is 10.5. The molecule has 2 aliphatic heterocycles. The molecule has 0 aliphatic carbocycles. The van der Waals surface area contributed by atoms with Gasteiger partial charge in [-0.25, -0.2) is 0 Å². The number of H-pyrrole nitrogens is 1. The van der Waals surface area contributed by atoms with Crippen LogP contribution in [-0.4, -0.2) is 40.0 Å². The van der Waals surface area contributed by atoms with Crippen LogP contribution in [-0.2, 0) is 6.42 Å². The minimum absolute atomic E-state index is 0.0243. The van der Waals surface area contributed by atoms with Crippen molar-refractivity contribution in [3.63, 3.8) is 0 Å². The summed E-state index contributed by atoms with van der Waals surface area (Å²) in [7, 11) is 0. The predicted molar refractivity (Wildman–Crippen MR) is 114 cm³/mol. The Hall–Kier alpha value is -3.41. The van der Waals surface area contributed by atoms with Crippen molar-refractivity contribution >= 4 is 17.5 Å². The molecule has 0 spiro atoms. The summed E-state index contributed by atoms with van der Waals surface area (Å²) in [6.45, 7) is 1.38. The fraction of sp³-hybridized carbons (Fsp3) is 0.292. The van der Waals surface area contributed by atoms with Gasteiger partial charge in [-0.1, -0.05) is 36.4 Å². The monoisotopic (exact) mass is 400 g/mol. The molecule has 0 radical (unpaired) electrons. The highest BCUT2D eigenvalue weighted by atomic mass is 16.2. The van der Waals surface area contributed by atoms with Crippen LogP contribution in [0, 0.1) is 0 Å². The Balaban J connectivity index is 1.39. The van der Waals surface area contributed by atoms with Gasteiger partial charge in [0.15, 0.2) is 5.69 Å². The van der Waals surface area contributed by atoms with Crippen molar-refractivity contribution in [2.75, 3.05) is 18.0 Å². The number of piperidine rings is 1. The SMILES string of the molecule is O=C(c1cc(C2CCCCN2C(=O)c2ccccc2)[nH]n1)N1CCc2ccccc21. The van der Waals surface area contributed by atoms with Gasteiger partial charge in [-0.3, -0.25) is 14.7 Å². The van der Waals surface area contributed by atoms with Crippen LogP contribution >= 0.6 is 0 Å². The third-order valence-corrected chi connectivity index (χ3v) is 6.09. The van der Waals surface area contributed by atoms with E-state index in [9.17, 15) is 9.59 Å². The number of aromatic amines is 1. The topological polar surface area (TPSA) is 69.3 Å². The van der Waals surface area contributed by atoms with Crippen molar-refractivity contribution in [2.45, 2.75) is 31.7 Å². The van der Waals surface area contributed by atoms with E-state index in [1.165, 1.54) is 5.56 Å². The fourth-order valence-corrected chi connectivity index (χ4v) is 4.55. The molecule has 2 aliphatic rings. The number of nitrogens with one attached hydrogen (secondary N) is 1. The van der Waals surface area contributed by atoms with Gasteiger partial charge in [0.25, 0.3) is 11.8 Å². The van der Waals surface area contributed by atoms with E-state index >= 15 is 0 Å². The van der Waals surface area contributed by atoms with Crippen molar-refractivity contribution in [1.29, 1.82) is 0 Å². The maximum atomic E-state index is 13.1. The second-order valence-electron chi connectivity index (χ2n) is 7.92. The molecule has 6 heteroatoms. The van der Waals surface area contributed by atoms with Crippen LogP contribution in [0.25, 0.3) is 0 Å². The van der Waals surface area contributed by atoms with E-state index in [1.807, 2.05) is 59.5 Å². The molecule has 1 N–H and O–H groups in total. The molecular formula is C24H24N4O2. The van der Waals surface area contributed by atoms with E-state index in [-0.39, 0.29) is 17.9 Å². The number of para-hydroxylation sites is 1. The fourth-order valence-electron chi connectivity index (χ4n) is 4.55. The van der Waals surface area contributed by atoms with Crippen LogP contribution in [0.4, 0.5) is 5.69 Å². The molecule has 152 valence electrons. The zero-order chi connectivity index (χ0) is 20.5. The lowest BCUT2D eigenvalue weighted by Gasteiger charge is -2.35. The van der Waals surface area contributed by atoms with Gasteiger partial charge in [0.05, 0.1) is 11.7 Å². The zero-order valence-electron chi connectivity index (χ0n) is 16.8. The van der Waals surface area contributed by atoms with E-state index in [0.29, 0.717) is 24.3 Å². The van der Waals surface area contributed by atoms with Gasteiger partial charge >= 0.3 is 0 Å². The van der Waals surface area contributed by atoms with Gasteiger partial charge < -0.3 is 9.80 Å². The van der Waals surface area contributed by atoms with Crippen molar-refractivity contribution in [2.24, 2.45) is 0 Å². The van der Waals surface area contributed by atoms with Gasteiger partial charge in [0.1, 0.15) is 0 Å². The van der Waals surface area contributed by atoms with Crippen molar-refractivity contribution in [3.05, 3.63) is 83.2 Å². The summed E-state index contributed by atoms with van der Waals surface area (Å²) in [5, 5.41) is 7.37. The molecule has 5 rings (SSSR count). The molecule has 3 heterocycles. The number of likely N-dealkylation sites (tertiary alicyclic amines) is 1. The minimum Gasteiger partial charge on any atom is -0.330 e. The average molecular weight is 400 g/mol. The number of carbonyl (C=O) groups is 2. The normalized spacial score (nSPS) is 18.3. The molecule has 1 unspecified atom stereocenters. The molecule has 1 aromatic heterocycles. The summed E-state index contributed by atoms with van der Waals surface area (Å²) >= 11 is 0. The Morgan fingerprint density at radius 2 is 1.73 bits per heavy atom. The zero-order valence-corrected chi connectivity index (χ0v) is 16.8. The Morgan fingerprint density at radius 1 is 0.933 bits per heavy atom. The van der Waals surface area contributed by atoms with Crippen LogP contribution in [0.2, 0.25) is 0 Å². The first kappa shape index (κ1) is 18.6. The first-order valence-corrected chi connectivity index (χ1v) is 10.5. The third kappa shape index (κ3) is 3.28. The molecular weight excluding hydrogens is 376 g/mol. The number of anilines is 1. The standard InChI is InChI=1S/C24H24N4O2/c29-23(18-9-2-1-3-10-18)27-14-7-6-12-22(27)19-16-20(26-25-19)24(30)28-15-13-17-8-4-5-11-21(17)28/h1-5,8-11,16,22H,6-7,12-15H2,(H,25,26). The smallest absolute Gasteiger partial charge is 0.278 e. The number of carbonyl (C=O) groups excluding carboxylic acids is 2. The molecule has 0 saturated carbocycles. The summed E-state index contributed by atoms with van der Waals surface area (Å²) in [5.41, 5.74) is 4.07. The van der Waals surface area contributed by atoms with E-state index in [1.54, 1.807) is 4.90 Å².